The molecule has 0 aliphatic carbocycles. The number of hydrogen-bond donors (Lipinski definition) is 1. The minimum Gasteiger partial charge on any atom is -0.350 e. The number of halogens is 3. The third-order valence-corrected chi connectivity index (χ3v) is 8.05. The predicted octanol–water partition coefficient (Wildman–Crippen LogP) is 6.11. The van der Waals surface area contributed by atoms with Crippen molar-refractivity contribution >= 4 is 27.5 Å². The van der Waals surface area contributed by atoms with Gasteiger partial charge in [-0.3, -0.25) is 13.9 Å². The fraction of sp³-hybridized carbons (Fsp3) is 0.394. The molecule has 0 spiro atoms. The number of amides is 2. The minimum atomic E-state index is -4.65. The highest BCUT2D eigenvalue weighted by Crippen LogP contribution is 2.32. The van der Waals surface area contributed by atoms with Crippen molar-refractivity contribution in [2.75, 3.05) is 17.1 Å². The third-order valence-electron chi connectivity index (χ3n) is 6.86. The zero-order valence-corrected chi connectivity index (χ0v) is 26.5. The van der Waals surface area contributed by atoms with E-state index in [1.807, 2.05) is 82.3 Å². The second kappa shape index (κ2) is 14.3. The molecule has 11 heteroatoms. The number of hydrogen-bond acceptors (Lipinski definition) is 4. The SMILES string of the molecule is Cc1ccc(CN(C(=O)CCCN(c2cccc(C(F)(F)F)c2)S(C)(=O)=O)C(Cc2ccccc2)C(=O)NC(C)(C)C)cc1. The van der Waals surface area contributed by atoms with Gasteiger partial charge in [0.25, 0.3) is 0 Å². The maximum Gasteiger partial charge on any atom is 0.416 e. The van der Waals surface area contributed by atoms with Gasteiger partial charge in [-0.05, 0) is 63.4 Å². The lowest BCUT2D eigenvalue weighted by atomic mass is 10.00. The second-order valence-electron chi connectivity index (χ2n) is 11.9. The molecular formula is C33H40F3N3O4S. The highest BCUT2D eigenvalue weighted by molar-refractivity contribution is 7.92. The van der Waals surface area contributed by atoms with E-state index in [4.69, 9.17) is 0 Å². The van der Waals surface area contributed by atoms with Crippen LogP contribution in [0.5, 0.6) is 0 Å². The van der Waals surface area contributed by atoms with Gasteiger partial charge in [-0.25, -0.2) is 8.42 Å². The van der Waals surface area contributed by atoms with E-state index in [1.165, 1.54) is 11.0 Å². The molecule has 0 aliphatic rings. The van der Waals surface area contributed by atoms with Crippen LogP contribution in [0.25, 0.3) is 0 Å². The molecule has 3 rings (SSSR count). The first-order valence-electron chi connectivity index (χ1n) is 14.3. The van der Waals surface area contributed by atoms with E-state index in [0.29, 0.717) is 0 Å². The highest BCUT2D eigenvalue weighted by Gasteiger charge is 2.33. The molecule has 0 saturated heterocycles. The molecule has 2 amide bonds. The number of anilines is 1. The fourth-order valence-corrected chi connectivity index (χ4v) is 5.70. The molecule has 0 heterocycles. The Kier molecular flexibility index (Phi) is 11.2. The Bertz CT molecular complexity index is 1520. The first-order chi connectivity index (χ1) is 20.4. The van der Waals surface area contributed by atoms with Crippen molar-refractivity contribution in [1.29, 1.82) is 0 Å². The van der Waals surface area contributed by atoms with Crippen LogP contribution in [0, 0.1) is 6.92 Å². The summed E-state index contributed by atoms with van der Waals surface area (Å²) < 4.78 is 66.0. The summed E-state index contributed by atoms with van der Waals surface area (Å²) in [7, 11) is -3.96. The molecule has 1 unspecified atom stereocenters. The summed E-state index contributed by atoms with van der Waals surface area (Å²) >= 11 is 0. The average molecular weight is 632 g/mol. The van der Waals surface area contributed by atoms with Gasteiger partial charge in [0.15, 0.2) is 0 Å². The van der Waals surface area contributed by atoms with Crippen molar-refractivity contribution in [2.24, 2.45) is 0 Å². The molecule has 238 valence electrons. The van der Waals surface area contributed by atoms with Crippen LogP contribution in [0.3, 0.4) is 0 Å². The average Bonchev–Trinajstić information content (AvgIpc) is 2.92. The normalized spacial score (nSPS) is 12.8. The Morgan fingerprint density at radius 1 is 0.886 bits per heavy atom. The number of nitrogens with one attached hydrogen (secondary N) is 1. The standard InChI is InChI=1S/C33H40F3N3O4S/c1-24-16-18-26(19-17-24)23-38(29(31(41)37-32(2,3)4)21-25-11-7-6-8-12-25)30(40)15-10-20-39(44(5,42)43)28-14-9-13-27(22-28)33(34,35)36/h6-9,11-14,16-19,22,29H,10,15,20-21,23H2,1-5H3,(H,37,41). The number of carbonyl (C=O) groups is 2. The highest BCUT2D eigenvalue weighted by atomic mass is 32.2. The second-order valence-corrected chi connectivity index (χ2v) is 13.8. The van der Waals surface area contributed by atoms with Crippen LogP contribution in [0.15, 0.2) is 78.9 Å². The molecule has 3 aromatic carbocycles. The van der Waals surface area contributed by atoms with Gasteiger partial charge in [0, 0.05) is 31.5 Å². The lowest BCUT2D eigenvalue weighted by Gasteiger charge is -2.34. The maximum absolute atomic E-state index is 13.9. The Morgan fingerprint density at radius 2 is 1.52 bits per heavy atom. The van der Waals surface area contributed by atoms with E-state index in [-0.39, 0.29) is 49.9 Å². The maximum atomic E-state index is 13.9. The molecule has 0 aromatic heterocycles. The van der Waals surface area contributed by atoms with Crippen molar-refractivity contribution in [2.45, 2.75) is 71.3 Å². The molecule has 0 fully saturated rings. The summed E-state index contributed by atoms with van der Waals surface area (Å²) in [5.41, 5.74) is 1.03. The first kappa shape index (κ1) is 34.6. The van der Waals surface area contributed by atoms with E-state index >= 15 is 0 Å². The van der Waals surface area contributed by atoms with Gasteiger partial charge in [0.1, 0.15) is 6.04 Å². The lowest BCUT2D eigenvalue weighted by molar-refractivity contribution is -0.142. The third kappa shape index (κ3) is 10.4. The summed E-state index contributed by atoms with van der Waals surface area (Å²) in [5, 5.41) is 2.99. The Labute approximate surface area is 258 Å². The Morgan fingerprint density at radius 3 is 2.09 bits per heavy atom. The monoisotopic (exact) mass is 631 g/mol. The molecule has 7 nitrogen and oxygen atoms in total. The van der Waals surface area contributed by atoms with Crippen molar-refractivity contribution in [3.63, 3.8) is 0 Å². The van der Waals surface area contributed by atoms with Crippen molar-refractivity contribution < 1.29 is 31.2 Å². The van der Waals surface area contributed by atoms with Crippen LogP contribution in [0.1, 0.15) is 55.9 Å². The number of sulfonamides is 1. The summed E-state index contributed by atoms with van der Waals surface area (Å²) in [6.07, 6.45) is -3.60. The van der Waals surface area contributed by atoms with Crippen molar-refractivity contribution in [3.8, 4) is 0 Å². The molecular weight excluding hydrogens is 591 g/mol. The van der Waals surface area contributed by atoms with E-state index in [1.54, 1.807) is 0 Å². The van der Waals surface area contributed by atoms with Crippen LogP contribution in [-0.4, -0.2) is 49.5 Å². The number of rotatable bonds is 12. The zero-order valence-electron chi connectivity index (χ0n) is 25.7. The molecule has 3 aromatic rings. The lowest BCUT2D eigenvalue weighted by Crippen LogP contribution is -2.54. The predicted molar refractivity (Wildman–Crippen MR) is 166 cm³/mol. The van der Waals surface area contributed by atoms with Crippen molar-refractivity contribution in [3.05, 3.63) is 101 Å². The van der Waals surface area contributed by atoms with Gasteiger partial charge in [-0.2, -0.15) is 13.2 Å². The van der Waals surface area contributed by atoms with Crippen LogP contribution in [-0.2, 0) is 38.8 Å². The first-order valence-corrected chi connectivity index (χ1v) is 16.1. The van der Waals surface area contributed by atoms with Crippen LogP contribution in [0.2, 0.25) is 0 Å². The van der Waals surface area contributed by atoms with Gasteiger partial charge >= 0.3 is 6.18 Å². The molecule has 0 bridgehead atoms. The van der Waals surface area contributed by atoms with E-state index in [0.717, 1.165) is 45.5 Å². The largest absolute Gasteiger partial charge is 0.416 e. The van der Waals surface area contributed by atoms with Crippen LogP contribution in [0.4, 0.5) is 18.9 Å². The number of nitrogens with zero attached hydrogens (tertiary/aromatic N) is 2. The van der Waals surface area contributed by atoms with Crippen molar-refractivity contribution in [1.82, 2.24) is 10.2 Å². The number of alkyl halides is 3. The molecule has 0 saturated carbocycles. The fourth-order valence-electron chi connectivity index (χ4n) is 4.74. The summed E-state index contributed by atoms with van der Waals surface area (Å²) in [6, 6.07) is 20.1. The molecule has 1 atom stereocenters. The van der Waals surface area contributed by atoms with E-state index < -0.39 is 33.3 Å². The summed E-state index contributed by atoms with van der Waals surface area (Å²) in [4.78, 5) is 29.1. The Hall–Kier alpha value is -3.86. The smallest absolute Gasteiger partial charge is 0.350 e. The summed E-state index contributed by atoms with van der Waals surface area (Å²) in [5.74, 6) is -0.711. The molecule has 44 heavy (non-hydrogen) atoms. The van der Waals surface area contributed by atoms with E-state index in [2.05, 4.69) is 5.32 Å². The van der Waals surface area contributed by atoms with Gasteiger partial charge in [-0.15, -0.1) is 0 Å². The number of aryl methyl sites for hydroxylation is 1. The zero-order chi connectivity index (χ0) is 32.7. The minimum absolute atomic E-state index is 0.0193. The number of benzene rings is 3. The molecule has 1 N–H and O–H groups in total. The number of carbonyl (C=O) groups excluding carboxylic acids is 2. The van der Waals surface area contributed by atoms with Gasteiger partial charge in [0.05, 0.1) is 17.5 Å². The Balaban J connectivity index is 1.91. The molecule has 0 aliphatic heterocycles. The topological polar surface area (TPSA) is 86.8 Å². The van der Waals surface area contributed by atoms with Gasteiger partial charge in [-0.1, -0.05) is 66.2 Å². The van der Waals surface area contributed by atoms with E-state index in [9.17, 15) is 31.2 Å². The van der Waals surface area contributed by atoms with Crippen LogP contribution >= 0.6 is 0 Å². The van der Waals surface area contributed by atoms with Crippen LogP contribution < -0.4 is 9.62 Å². The van der Waals surface area contributed by atoms with Gasteiger partial charge in [0.2, 0.25) is 21.8 Å². The quantitative estimate of drug-likeness (QED) is 0.261. The molecule has 0 radical (unpaired) electrons. The summed E-state index contributed by atoms with van der Waals surface area (Å²) in [6.45, 7) is 7.41. The van der Waals surface area contributed by atoms with Gasteiger partial charge < -0.3 is 10.2 Å².